The second-order valence-electron chi connectivity index (χ2n) is 7.68. The zero-order chi connectivity index (χ0) is 23.0. The Morgan fingerprint density at radius 2 is 1.91 bits per heavy atom. The van der Waals surface area contributed by atoms with Gasteiger partial charge in [0.1, 0.15) is 5.76 Å². The van der Waals surface area contributed by atoms with Crippen molar-refractivity contribution in [3.05, 3.63) is 74.9 Å². The standard InChI is InChI=1S/C24H22Cl2N2O4/c1-13-19(15-6-3-4-7-18(15)27-13)21-20(22(29)14-8-9-16(25)17(26)12-14)23(30)24(31)28(21)10-5-11-32-2/h3-4,6-9,12,21,27,29H,5,10-11H2,1-2H3/b22-20+. The molecule has 0 bridgehead atoms. The number of carbonyl (C=O) groups is 2. The number of aromatic amines is 1. The van der Waals surface area contributed by atoms with Crippen LogP contribution in [0.15, 0.2) is 48.0 Å². The second kappa shape index (κ2) is 8.98. The number of Topliss-reactive ketones (excluding diaryl/α,β-unsaturated/α-hetero) is 1. The van der Waals surface area contributed by atoms with Crippen molar-refractivity contribution in [3.63, 3.8) is 0 Å². The predicted molar refractivity (Wildman–Crippen MR) is 125 cm³/mol. The minimum atomic E-state index is -0.752. The van der Waals surface area contributed by atoms with Crippen molar-refractivity contribution in [3.8, 4) is 0 Å². The zero-order valence-electron chi connectivity index (χ0n) is 17.6. The molecule has 1 amide bonds. The third-order valence-electron chi connectivity index (χ3n) is 5.70. The Morgan fingerprint density at radius 1 is 1.16 bits per heavy atom. The lowest BCUT2D eigenvalue weighted by Gasteiger charge is -2.25. The number of amides is 1. The SMILES string of the molecule is COCCCN1C(=O)C(=O)/C(=C(/O)c2ccc(Cl)c(Cl)c2)C1c1c(C)[nH]c2ccccc12. The van der Waals surface area contributed by atoms with Gasteiger partial charge in [0.15, 0.2) is 0 Å². The van der Waals surface area contributed by atoms with Crippen LogP contribution in [0.2, 0.25) is 10.0 Å². The van der Waals surface area contributed by atoms with E-state index in [4.69, 9.17) is 27.9 Å². The molecule has 0 aliphatic carbocycles. The number of hydrogen-bond donors (Lipinski definition) is 2. The summed E-state index contributed by atoms with van der Waals surface area (Å²) in [7, 11) is 1.58. The molecule has 1 atom stereocenters. The number of hydrogen-bond acceptors (Lipinski definition) is 4. The van der Waals surface area contributed by atoms with Gasteiger partial charge in [-0.05, 0) is 37.6 Å². The Bertz CT molecular complexity index is 1250. The first-order valence-electron chi connectivity index (χ1n) is 10.1. The second-order valence-corrected chi connectivity index (χ2v) is 8.49. The molecule has 3 aromatic rings. The molecule has 1 aliphatic rings. The molecule has 1 aromatic heterocycles. The lowest BCUT2D eigenvalue weighted by molar-refractivity contribution is -0.140. The largest absolute Gasteiger partial charge is 0.507 e. The first kappa shape index (κ1) is 22.4. The van der Waals surface area contributed by atoms with Gasteiger partial charge in [-0.15, -0.1) is 0 Å². The van der Waals surface area contributed by atoms with Gasteiger partial charge in [-0.3, -0.25) is 9.59 Å². The number of para-hydroxylation sites is 1. The molecule has 32 heavy (non-hydrogen) atoms. The number of carbonyl (C=O) groups excluding carboxylic acids is 2. The fraction of sp³-hybridized carbons (Fsp3) is 0.250. The summed E-state index contributed by atoms with van der Waals surface area (Å²) in [6, 6.07) is 11.5. The maximum atomic E-state index is 13.2. The van der Waals surface area contributed by atoms with Gasteiger partial charge in [-0.1, -0.05) is 41.4 Å². The Kier molecular flexibility index (Phi) is 6.29. The van der Waals surface area contributed by atoms with Crippen LogP contribution in [0.4, 0.5) is 0 Å². The number of halogens is 2. The van der Waals surface area contributed by atoms with Crippen LogP contribution in [-0.4, -0.2) is 46.9 Å². The highest BCUT2D eigenvalue weighted by Crippen LogP contribution is 2.43. The first-order chi connectivity index (χ1) is 15.3. The zero-order valence-corrected chi connectivity index (χ0v) is 19.1. The fourth-order valence-electron chi connectivity index (χ4n) is 4.24. The van der Waals surface area contributed by atoms with Crippen LogP contribution in [0.5, 0.6) is 0 Å². The van der Waals surface area contributed by atoms with E-state index in [9.17, 15) is 14.7 Å². The van der Waals surface area contributed by atoms with Crippen molar-refractivity contribution in [1.29, 1.82) is 0 Å². The smallest absolute Gasteiger partial charge is 0.295 e. The van der Waals surface area contributed by atoms with E-state index in [1.807, 2.05) is 31.2 Å². The van der Waals surface area contributed by atoms with Crippen molar-refractivity contribution >= 4 is 51.6 Å². The summed E-state index contributed by atoms with van der Waals surface area (Å²) in [5.74, 6) is -1.68. The number of aryl methyl sites for hydroxylation is 1. The van der Waals surface area contributed by atoms with Gasteiger partial charge in [-0.2, -0.15) is 0 Å². The molecule has 1 aliphatic heterocycles. The molecule has 0 spiro atoms. The molecule has 0 radical (unpaired) electrons. The summed E-state index contributed by atoms with van der Waals surface area (Å²) in [6.07, 6.45) is 0.550. The number of fused-ring (bicyclic) bond motifs is 1. The molecule has 8 heteroatoms. The Hall–Kier alpha value is -2.80. The van der Waals surface area contributed by atoms with Crippen LogP contribution >= 0.6 is 23.2 Å². The molecule has 2 aromatic carbocycles. The lowest BCUT2D eigenvalue weighted by Crippen LogP contribution is -2.31. The Labute approximate surface area is 195 Å². The highest BCUT2D eigenvalue weighted by molar-refractivity contribution is 6.47. The predicted octanol–water partition coefficient (Wildman–Crippen LogP) is 5.24. The number of rotatable bonds is 6. The number of aromatic nitrogens is 1. The minimum absolute atomic E-state index is 0.0265. The molecular formula is C24H22Cl2N2O4. The van der Waals surface area contributed by atoms with E-state index in [2.05, 4.69) is 4.98 Å². The summed E-state index contributed by atoms with van der Waals surface area (Å²) in [6.45, 7) is 2.64. The van der Waals surface area contributed by atoms with Crippen molar-refractivity contribution < 1.29 is 19.4 Å². The topological polar surface area (TPSA) is 82.6 Å². The number of ketones is 1. The van der Waals surface area contributed by atoms with Crippen LogP contribution in [0.1, 0.15) is 29.3 Å². The van der Waals surface area contributed by atoms with Crippen molar-refractivity contribution in [1.82, 2.24) is 9.88 Å². The van der Waals surface area contributed by atoms with Crippen molar-refractivity contribution in [2.45, 2.75) is 19.4 Å². The third kappa shape index (κ3) is 3.79. The molecule has 2 heterocycles. The van der Waals surface area contributed by atoms with Crippen LogP contribution in [0.25, 0.3) is 16.7 Å². The number of likely N-dealkylation sites (tertiary alicyclic amines) is 1. The fourth-order valence-corrected chi connectivity index (χ4v) is 4.54. The van der Waals surface area contributed by atoms with Gasteiger partial charge in [0, 0.05) is 48.0 Å². The van der Waals surface area contributed by atoms with Gasteiger partial charge in [0.05, 0.1) is 21.7 Å². The Morgan fingerprint density at radius 3 is 2.62 bits per heavy atom. The quantitative estimate of drug-likeness (QED) is 0.222. The molecule has 1 fully saturated rings. The molecule has 166 valence electrons. The number of nitrogens with one attached hydrogen (secondary N) is 1. The van der Waals surface area contributed by atoms with Gasteiger partial charge in [0.25, 0.3) is 11.7 Å². The van der Waals surface area contributed by atoms with Crippen LogP contribution in [0.3, 0.4) is 0 Å². The van der Waals surface area contributed by atoms with E-state index in [-0.39, 0.29) is 16.4 Å². The molecule has 4 rings (SSSR count). The molecule has 0 saturated carbocycles. The van der Waals surface area contributed by atoms with E-state index < -0.39 is 17.7 Å². The van der Waals surface area contributed by atoms with Gasteiger partial charge in [0.2, 0.25) is 0 Å². The normalized spacial score (nSPS) is 18.1. The summed E-state index contributed by atoms with van der Waals surface area (Å²) in [5, 5.41) is 12.6. The van der Waals surface area contributed by atoms with Gasteiger partial charge in [-0.25, -0.2) is 0 Å². The van der Waals surface area contributed by atoms with E-state index in [1.54, 1.807) is 19.2 Å². The molecular weight excluding hydrogens is 451 g/mol. The van der Waals surface area contributed by atoms with Crippen molar-refractivity contribution in [2.24, 2.45) is 0 Å². The van der Waals surface area contributed by atoms with Gasteiger partial charge < -0.3 is 19.7 Å². The monoisotopic (exact) mass is 472 g/mol. The van der Waals surface area contributed by atoms with Gasteiger partial charge >= 0.3 is 0 Å². The van der Waals surface area contributed by atoms with Crippen LogP contribution in [-0.2, 0) is 14.3 Å². The maximum absolute atomic E-state index is 13.2. The molecule has 1 unspecified atom stereocenters. The summed E-state index contributed by atoms with van der Waals surface area (Å²) in [5.41, 5.74) is 2.82. The molecule has 1 saturated heterocycles. The number of methoxy groups -OCH3 is 1. The molecule has 2 N–H and O–H groups in total. The van der Waals surface area contributed by atoms with Crippen LogP contribution < -0.4 is 0 Å². The number of aliphatic hydroxyl groups excluding tert-OH is 1. The summed E-state index contributed by atoms with van der Waals surface area (Å²) in [4.78, 5) is 31.0. The highest BCUT2D eigenvalue weighted by atomic mass is 35.5. The van der Waals surface area contributed by atoms with E-state index in [1.165, 1.54) is 11.0 Å². The average Bonchev–Trinajstić information content (AvgIpc) is 3.23. The van der Waals surface area contributed by atoms with Crippen molar-refractivity contribution in [2.75, 3.05) is 20.3 Å². The first-order valence-corrected chi connectivity index (χ1v) is 10.9. The molecule has 6 nitrogen and oxygen atoms in total. The van der Waals surface area contributed by atoms with E-state index in [0.29, 0.717) is 30.2 Å². The average molecular weight is 473 g/mol. The summed E-state index contributed by atoms with van der Waals surface area (Å²) < 4.78 is 5.13. The minimum Gasteiger partial charge on any atom is -0.507 e. The number of benzene rings is 2. The van der Waals surface area contributed by atoms with E-state index >= 15 is 0 Å². The maximum Gasteiger partial charge on any atom is 0.295 e. The summed E-state index contributed by atoms with van der Waals surface area (Å²) >= 11 is 12.1. The third-order valence-corrected chi connectivity index (χ3v) is 6.44. The van der Waals surface area contributed by atoms with E-state index in [0.717, 1.165) is 22.2 Å². The van der Waals surface area contributed by atoms with Crippen LogP contribution in [0, 0.1) is 6.92 Å². The number of H-pyrrole nitrogens is 1. The Balaban J connectivity index is 1.94. The number of aliphatic hydroxyl groups is 1. The highest BCUT2D eigenvalue weighted by Gasteiger charge is 2.47. The number of nitrogens with zero attached hydrogens (tertiary/aromatic N) is 1. The lowest BCUT2D eigenvalue weighted by atomic mass is 9.93. The number of ether oxygens (including phenoxy) is 1.